The largest absolute Gasteiger partial charge is 0.343 e. The van der Waals surface area contributed by atoms with E-state index in [1.165, 1.54) is 18.5 Å². The van der Waals surface area contributed by atoms with Crippen molar-refractivity contribution in [3.8, 4) is 11.3 Å². The van der Waals surface area contributed by atoms with Gasteiger partial charge in [0.2, 0.25) is 6.39 Å². The minimum Gasteiger partial charge on any atom is -0.343 e. The van der Waals surface area contributed by atoms with Crippen molar-refractivity contribution in [1.82, 2.24) is 24.8 Å². The second-order valence-electron chi connectivity index (χ2n) is 6.07. The normalized spacial score (nSPS) is 17.2. The minimum atomic E-state index is -0.305. The summed E-state index contributed by atoms with van der Waals surface area (Å²) in [5.41, 5.74) is 1.90. The van der Waals surface area contributed by atoms with Crippen molar-refractivity contribution in [2.45, 2.75) is 12.3 Å². The molecule has 0 aliphatic carbocycles. The third-order valence-electron chi connectivity index (χ3n) is 4.46. The first-order valence-electron chi connectivity index (χ1n) is 7.97. The average molecular weight is 341 g/mol. The highest BCUT2D eigenvalue weighted by atomic mass is 19.1. The van der Waals surface area contributed by atoms with Crippen molar-refractivity contribution in [1.29, 1.82) is 0 Å². The number of rotatable bonds is 3. The Hall–Kier alpha value is -3.03. The Morgan fingerprint density at radius 2 is 2.12 bits per heavy atom. The maximum atomic E-state index is 13.1. The average Bonchev–Trinajstić information content (AvgIpc) is 3.35. The Bertz CT molecular complexity index is 888. The second-order valence-corrected chi connectivity index (χ2v) is 6.07. The van der Waals surface area contributed by atoms with E-state index in [1.807, 2.05) is 0 Å². The lowest BCUT2D eigenvalue weighted by molar-refractivity contribution is 0.0779. The Balaban J connectivity index is 1.54. The Kier molecular flexibility index (Phi) is 3.79. The van der Waals surface area contributed by atoms with Gasteiger partial charge in [0.05, 0.1) is 5.69 Å². The molecule has 1 fully saturated rings. The Labute approximate surface area is 143 Å². The second kappa shape index (κ2) is 6.12. The highest BCUT2D eigenvalue weighted by Gasteiger charge is 2.31. The number of carbonyl (C=O) groups excluding carboxylic acids is 1. The summed E-state index contributed by atoms with van der Waals surface area (Å²) in [6, 6.07) is 7.78. The van der Waals surface area contributed by atoms with Crippen LogP contribution in [0.25, 0.3) is 11.3 Å². The number of benzene rings is 1. The Morgan fingerprint density at radius 1 is 1.32 bits per heavy atom. The summed E-state index contributed by atoms with van der Waals surface area (Å²) >= 11 is 0. The number of aryl methyl sites for hydroxylation is 1. The summed E-state index contributed by atoms with van der Waals surface area (Å²) < 4.78 is 19.4. The van der Waals surface area contributed by atoms with Gasteiger partial charge in [-0.3, -0.25) is 9.48 Å². The maximum absolute atomic E-state index is 13.1. The lowest BCUT2D eigenvalue weighted by Gasteiger charge is -2.15. The highest BCUT2D eigenvalue weighted by Crippen LogP contribution is 2.27. The van der Waals surface area contributed by atoms with Crippen LogP contribution in [0.4, 0.5) is 4.39 Å². The van der Waals surface area contributed by atoms with E-state index < -0.39 is 0 Å². The maximum Gasteiger partial charge on any atom is 0.272 e. The summed E-state index contributed by atoms with van der Waals surface area (Å²) in [5, 5.41) is 8.24. The van der Waals surface area contributed by atoms with Crippen LogP contribution in [0.3, 0.4) is 0 Å². The number of nitrogens with zero attached hydrogens (tertiary/aromatic N) is 5. The van der Waals surface area contributed by atoms with Gasteiger partial charge in [-0.1, -0.05) is 5.16 Å². The third-order valence-corrected chi connectivity index (χ3v) is 4.46. The molecule has 128 valence electrons. The molecule has 4 rings (SSSR count). The van der Waals surface area contributed by atoms with Crippen LogP contribution in [0.2, 0.25) is 0 Å². The monoisotopic (exact) mass is 341 g/mol. The van der Waals surface area contributed by atoms with Crippen molar-refractivity contribution in [2.75, 3.05) is 13.1 Å². The van der Waals surface area contributed by atoms with E-state index in [9.17, 15) is 9.18 Å². The van der Waals surface area contributed by atoms with Crippen LogP contribution in [0.15, 0.2) is 41.2 Å². The molecule has 1 amide bonds. The van der Waals surface area contributed by atoms with Gasteiger partial charge in [0, 0.05) is 31.6 Å². The van der Waals surface area contributed by atoms with E-state index in [2.05, 4.69) is 15.2 Å². The molecular weight excluding hydrogens is 325 g/mol. The number of carbonyl (C=O) groups is 1. The number of aromatic nitrogens is 4. The summed E-state index contributed by atoms with van der Waals surface area (Å²) in [6.07, 6.45) is 2.10. The van der Waals surface area contributed by atoms with Gasteiger partial charge in [0.25, 0.3) is 5.91 Å². The number of likely N-dealkylation sites (tertiary alicyclic amines) is 1. The van der Waals surface area contributed by atoms with Crippen molar-refractivity contribution < 1.29 is 13.7 Å². The van der Waals surface area contributed by atoms with Crippen molar-refractivity contribution in [3.63, 3.8) is 0 Å². The van der Waals surface area contributed by atoms with E-state index in [1.54, 1.807) is 34.8 Å². The molecule has 25 heavy (non-hydrogen) atoms. The minimum absolute atomic E-state index is 0.0886. The van der Waals surface area contributed by atoms with E-state index >= 15 is 0 Å². The summed E-state index contributed by atoms with van der Waals surface area (Å²) in [5.74, 6) is 0.328. The molecule has 1 aliphatic rings. The van der Waals surface area contributed by atoms with Crippen molar-refractivity contribution in [2.24, 2.45) is 7.05 Å². The van der Waals surface area contributed by atoms with E-state index in [0.29, 0.717) is 30.3 Å². The van der Waals surface area contributed by atoms with E-state index in [-0.39, 0.29) is 17.6 Å². The first kappa shape index (κ1) is 15.5. The van der Waals surface area contributed by atoms with Crippen LogP contribution in [-0.2, 0) is 7.05 Å². The number of hydrogen-bond donors (Lipinski definition) is 0. The summed E-state index contributed by atoms with van der Waals surface area (Å²) in [6.45, 7) is 1.19. The molecule has 1 atom stereocenters. The molecule has 1 aliphatic heterocycles. The predicted octanol–water partition coefficient (Wildman–Crippen LogP) is 2.24. The van der Waals surface area contributed by atoms with Crippen molar-refractivity contribution >= 4 is 5.91 Å². The Morgan fingerprint density at radius 3 is 2.84 bits per heavy atom. The molecule has 3 aromatic rings. The van der Waals surface area contributed by atoms with Gasteiger partial charge in [-0.25, -0.2) is 4.39 Å². The van der Waals surface area contributed by atoms with Crippen LogP contribution in [0.5, 0.6) is 0 Å². The molecule has 1 unspecified atom stereocenters. The molecule has 0 spiro atoms. The third kappa shape index (κ3) is 2.90. The molecule has 0 N–H and O–H groups in total. The molecule has 3 heterocycles. The zero-order valence-corrected chi connectivity index (χ0v) is 13.6. The summed E-state index contributed by atoms with van der Waals surface area (Å²) in [4.78, 5) is 18.7. The highest BCUT2D eigenvalue weighted by molar-refractivity contribution is 5.94. The van der Waals surface area contributed by atoms with E-state index in [4.69, 9.17) is 4.52 Å². The van der Waals surface area contributed by atoms with Gasteiger partial charge >= 0.3 is 0 Å². The summed E-state index contributed by atoms with van der Waals surface area (Å²) in [7, 11) is 1.73. The zero-order chi connectivity index (χ0) is 17.4. The molecule has 1 saturated heterocycles. The van der Waals surface area contributed by atoms with Gasteiger partial charge < -0.3 is 9.42 Å². The smallest absolute Gasteiger partial charge is 0.272 e. The molecule has 2 aromatic heterocycles. The van der Waals surface area contributed by atoms with Gasteiger partial charge in [0.15, 0.2) is 5.82 Å². The topological polar surface area (TPSA) is 77.0 Å². The molecule has 0 saturated carbocycles. The van der Waals surface area contributed by atoms with Gasteiger partial charge in [-0.15, -0.1) is 0 Å². The lowest BCUT2D eigenvalue weighted by Crippen LogP contribution is -2.30. The lowest BCUT2D eigenvalue weighted by atomic mass is 10.1. The van der Waals surface area contributed by atoms with Gasteiger partial charge in [-0.2, -0.15) is 10.1 Å². The molecule has 0 bridgehead atoms. The van der Waals surface area contributed by atoms with Gasteiger partial charge in [-0.05, 0) is 36.8 Å². The fourth-order valence-electron chi connectivity index (χ4n) is 3.11. The van der Waals surface area contributed by atoms with Crippen molar-refractivity contribution in [3.05, 3.63) is 54.1 Å². The standard InChI is InChI=1S/C17H16FN5O2/c1-22-15(8-14(20-22)11-2-4-13(18)5-3-11)17(24)23-7-6-12(9-23)16-19-10-25-21-16/h2-5,8,10,12H,6-7,9H2,1H3. The first-order valence-corrected chi connectivity index (χ1v) is 7.97. The molecule has 7 nitrogen and oxygen atoms in total. The van der Waals surface area contributed by atoms with Crippen LogP contribution in [0, 0.1) is 5.82 Å². The number of hydrogen-bond acceptors (Lipinski definition) is 5. The fraction of sp³-hybridized carbons (Fsp3) is 0.294. The van der Waals surface area contributed by atoms with Crippen LogP contribution >= 0.6 is 0 Å². The van der Waals surface area contributed by atoms with Crippen LogP contribution in [0.1, 0.15) is 28.7 Å². The molecule has 0 radical (unpaired) electrons. The molecule has 8 heteroatoms. The van der Waals surface area contributed by atoms with Crippen LogP contribution < -0.4 is 0 Å². The molecule has 1 aromatic carbocycles. The predicted molar refractivity (Wildman–Crippen MR) is 86.2 cm³/mol. The quantitative estimate of drug-likeness (QED) is 0.730. The number of amides is 1. The van der Waals surface area contributed by atoms with E-state index in [0.717, 1.165) is 12.0 Å². The SMILES string of the molecule is Cn1nc(-c2ccc(F)cc2)cc1C(=O)N1CCC(c2ncon2)C1. The van der Waals surface area contributed by atoms with Crippen LogP contribution in [-0.4, -0.2) is 43.8 Å². The first-order chi connectivity index (χ1) is 12.1. The van der Waals surface area contributed by atoms with Gasteiger partial charge in [0.1, 0.15) is 11.5 Å². The number of halogens is 1. The fourth-order valence-corrected chi connectivity index (χ4v) is 3.11. The molecular formula is C17H16FN5O2. The zero-order valence-electron chi connectivity index (χ0n) is 13.6.